The zero-order valence-electron chi connectivity index (χ0n) is 27.7. The SMILES string of the molecule is c1ccc(-c2nc(-c3ccccc3)nc(-n3c4ccccc4c4cc(-c5ccc6nc7c8c(cccc8c6c5)-c5ccccc5O7)ccc43)n2)cc1. The maximum absolute atomic E-state index is 6.34. The van der Waals surface area contributed by atoms with Crippen molar-refractivity contribution < 1.29 is 4.74 Å². The summed E-state index contributed by atoms with van der Waals surface area (Å²) in [6.45, 7) is 0. The van der Waals surface area contributed by atoms with Crippen molar-refractivity contribution in [1.29, 1.82) is 0 Å². The molecule has 6 nitrogen and oxygen atoms in total. The number of benzene rings is 7. The van der Waals surface area contributed by atoms with Crippen LogP contribution < -0.4 is 4.74 Å². The summed E-state index contributed by atoms with van der Waals surface area (Å²) in [5, 5.41) is 5.52. The number of fused-ring (bicyclic) bond motifs is 7. The predicted molar refractivity (Wildman–Crippen MR) is 209 cm³/mol. The lowest BCUT2D eigenvalue weighted by Gasteiger charge is -2.21. The molecule has 11 rings (SSSR count). The second-order valence-electron chi connectivity index (χ2n) is 13.1. The summed E-state index contributed by atoms with van der Waals surface area (Å²) >= 11 is 0. The van der Waals surface area contributed by atoms with E-state index in [2.05, 4.69) is 95.6 Å². The second kappa shape index (κ2) is 11.2. The van der Waals surface area contributed by atoms with Crippen LogP contribution in [-0.2, 0) is 0 Å². The fourth-order valence-corrected chi connectivity index (χ4v) is 7.65. The molecule has 0 saturated heterocycles. The Morgan fingerprint density at radius 3 is 1.81 bits per heavy atom. The van der Waals surface area contributed by atoms with Crippen LogP contribution in [0.4, 0.5) is 0 Å². The Balaban J connectivity index is 1.10. The van der Waals surface area contributed by atoms with Crippen molar-refractivity contribution in [2.75, 3.05) is 0 Å². The number of para-hydroxylation sites is 2. The maximum Gasteiger partial charge on any atom is 0.238 e. The lowest BCUT2D eigenvalue weighted by atomic mass is 9.93. The normalized spacial score (nSPS) is 12.0. The van der Waals surface area contributed by atoms with Crippen molar-refractivity contribution in [2.45, 2.75) is 0 Å². The average molecular weight is 666 g/mol. The lowest BCUT2D eigenvalue weighted by Crippen LogP contribution is -2.06. The van der Waals surface area contributed by atoms with Crippen LogP contribution in [0.5, 0.6) is 11.6 Å². The first kappa shape index (κ1) is 28.6. The van der Waals surface area contributed by atoms with Crippen molar-refractivity contribution in [1.82, 2.24) is 24.5 Å². The minimum atomic E-state index is 0.576. The Kier molecular flexibility index (Phi) is 6.15. The summed E-state index contributed by atoms with van der Waals surface area (Å²) < 4.78 is 8.50. The molecule has 1 aliphatic rings. The van der Waals surface area contributed by atoms with E-state index in [0.717, 1.165) is 82.6 Å². The van der Waals surface area contributed by atoms with Gasteiger partial charge in [0.25, 0.3) is 0 Å². The van der Waals surface area contributed by atoms with Crippen molar-refractivity contribution in [3.05, 3.63) is 164 Å². The molecule has 0 amide bonds. The van der Waals surface area contributed by atoms with Gasteiger partial charge in [-0.2, -0.15) is 9.97 Å². The number of pyridine rings is 1. The van der Waals surface area contributed by atoms with E-state index in [9.17, 15) is 0 Å². The van der Waals surface area contributed by atoms with Crippen molar-refractivity contribution in [3.8, 4) is 62.6 Å². The average Bonchev–Trinajstić information content (AvgIpc) is 3.55. The third-order valence-electron chi connectivity index (χ3n) is 10.1. The van der Waals surface area contributed by atoms with Crippen LogP contribution in [0.25, 0.3) is 94.5 Å². The van der Waals surface area contributed by atoms with Gasteiger partial charge in [0.15, 0.2) is 11.6 Å². The third kappa shape index (κ3) is 4.38. The fourth-order valence-electron chi connectivity index (χ4n) is 7.65. The molecule has 0 spiro atoms. The molecule has 0 aliphatic carbocycles. The van der Waals surface area contributed by atoms with E-state index >= 15 is 0 Å². The first-order valence-electron chi connectivity index (χ1n) is 17.3. The highest BCUT2D eigenvalue weighted by atomic mass is 16.5. The van der Waals surface area contributed by atoms with Gasteiger partial charge >= 0.3 is 0 Å². The van der Waals surface area contributed by atoms with Crippen LogP contribution in [0.15, 0.2) is 164 Å². The number of hydrogen-bond donors (Lipinski definition) is 0. The number of nitrogens with zero attached hydrogens (tertiary/aromatic N) is 5. The molecule has 10 aromatic rings. The van der Waals surface area contributed by atoms with Crippen LogP contribution in [0.1, 0.15) is 0 Å². The molecule has 0 unspecified atom stereocenters. The van der Waals surface area contributed by atoms with Crippen LogP contribution in [0, 0.1) is 0 Å². The lowest BCUT2D eigenvalue weighted by molar-refractivity contribution is 0.470. The minimum Gasteiger partial charge on any atom is -0.438 e. The fraction of sp³-hybridized carbons (Fsp3) is 0. The van der Waals surface area contributed by atoms with Crippen molar-refractivity contribution >= 4 is 43.5 Å². The van der Waals surface area contributed by atoms with Gasteiger partial charge in [-0.15, -0.1) is 0 Å². The second-order valence-corrected chi connectivity index (χ2v) is 13.1. The van der Waals surface area contributed by atoms with Gasteiger partial charge in [-0.05, 0) is 58.5 Å². The molecule has 0 bridgehead atoms. The molecule has 0 saturated carbocycles. The van der Waals surface area contributed by atoms with Gasteiger partial charge in [0.05, 0.1) is 21.9 Å². The Morgan fingerprint density at radius 2 is 1.02 bits per heavy atom. The standard InChI is InChI=1S/C46H27N5O/c1-3-12-28(13-4-1)43-48-44(29-14-5-2-6-15-29)50-46(49-43)51-39-20-9-7-16-32(39)37-27-31(23-25-40(37)51)30-22-24-38-36(26-30)35-19-11-18-34-33-17-8-10-21-41(33)52-45(47-38)42(34)35/h1-27H. The molecule has 0 fully saturated rings. The van der Waals surface area contributed by atoms with Crippen molar-refractivity contribution in [3.63, 3.8) is 0 Å². The molecule has 0 N–H and O–H groups in total. The monoisotopic (exact) mass is 665 g/mol. The van der Waals surface area contributed by atoms with E-state index in [0.29, 0.717) is 23.5 Å². The van der Waals surface area contributed by atoms with Crippen LogP contribution in [0.2, 0.25) is 0 Å². The molecule has 3 aromatic heterocycles. The highest BCUT2D eigenvalue weighted by molar-refractivity contribution is 6.15. The number of hydrogen-bond acceptors (Lipinski definition) is 5. The Hall–Kier alpha value is -7.18. The summed E-state index contributed by atoms with van der Waals surface area (Å²) in [5.41, 5.74) is 9.29. The molecule has 242 valence electrons. The highest BCUT2D eigenvalue weighted by Crippen LogP contribution is 2.47. The quantitative estimate of drug-likeness (QED) is 0.175. The molecular weight excluding hydrogens is 639 g/mol. The molecule has 4 heterocycles. The zero-order chi connectivity index (χ0) is 34.2. The number of ether oxygens (including phenoxy) is 1. The molecular formula is C46H27N5O. The van der Waals surface area contributed by atoms with E-state index < -0.39 is 0 Å². The topological polar surface area (TPSA) is 65.7 Å². The Labute approximate surface area is 298 Å². The Bertz CT molecular complexity index is 2990. The smallest absolute Gasteiger partial charge is 0.238 e. The molecule has 0 atom stereocenters. The number of rotatable bonds is 4. The van der Waals surface area contributed by atoms with Crippen LogP contribution >= 0.6 is 0 Å². The highest BCUT2D eigenvalue weighted by Gasteiger charge is 2.23. The van der Waals surface area contributed by atoms with Crippen molar-refractivity contribution in [2.24, 2.45) is 0 Å². The Morgan fingerprint density at radius 1 is 0.404 bits per heavy atom. The van der Waals surface area contributed by atoms with Gasteiger partial charge in [0.2, 0.25) is 11.8 Å². The van der Waals surface area contributed by atoms with E-state index in [1.807, 2.05) is 72.8 Å². The van der Waals surface area contributed by atoms with Crippen LogP contribution in [0.3, 0.4) is 0 Å². The molecule has 6 heteroatoms. The van der Waals surface area contributed by atoms with E-state index in [4.69, 9.17) is 24.7 Å². The summed E-state index contributed by atoms with van der Waals surface area (Å²) in [6, 6.07) is 56.4. The summed E-state index contributed by atoms with van der Waals surface area (Å²) in [5.74, 6) is 3.32. The van der Waals surface area contributed by atoms with Gasteiger partial charge in [-0.25, -0.2) is 9.97 Å². The molecule has 1 aliphatic heterocycles. The van der Waals surface area contributed by atoms with E-state index in [1.165, 1.54) is 0 Å². The molecule has 7 aromatic carbocycles. The summed E-state index contributed by atoms with van der Waals surface area (Å²) in [4.78, 5) is 20.1. The minimum absolute atomic E-state index is 0.576. The summed E-state index contributed by atoms with van der Waals surface area (Å²) in [6.07, 6.45) is 0. The first-order chi connectivity index (χ1) is 25.8. The molecule has 52 heavy (non-hydrogen) atoms. The van der Waals surface area contributed by atoms with Gasteiger partial charge in [-0.3, -0.25) is 4.57 Å². The van der Waals surface area contributed by atoms with Crippen LogP contribution in [-0.4, -0.2) is 24.5 Å². The summed E-state index contributed by atoms with van der Waals surface area (Å²) in [7, 11) is 0. The first-order valence-corrected chi connectivity index (χ1v) is 17.3. The van der Waals surface area contributed by atoms with Gasteiger partial charge < -0.3 is 4.74 Å². The van der Waals surface area contributed by atoms with Gasteiger partial charge in [0, 0.05) is 32.8 Å². The largest absolute Gasteiger partial charge is 0.438 e. The predicted octanol–water partition coefficient (Wildman–Crippen LogP) is 11.4. The number of aromatic nitrogens is 5. The van der Waals surface area contributed by atoms with Gasteiger partial charge in [0.1, 0.15) is 5.75 Å². The van der Waals surface area contributed by atoms with E-state index in [1.54, 1.807) is 0 Å². The zero-order valence-corrected chi connectivity index (χ0v) is 27.7. The molecule has 0 radical (unpaired) electrons. The van der Waals surface area contributed by atoms with E-state index in [-0.39, 0.29) is 0 Å². The van der Waals surface area contributed by atoms with Gasteiger partial charge in [-0.1, -0.05) is 127 Å². The maximum atomic E-state index is 6.34. The third-order valence-corrected chi connectivity index (χ3v) is 10.1.